The average Bonchev–Trinajstić information content (AvgIpc) is 2.75. The molecule has 1 fully saturated rings. The summed E-state index contributed by atoms with van der Waals surface area (Å²) in [6, 6.07) is 8.13. The van der Waals surface area contributed by atoms with Crippen LogP contribution in [0, 0.1) is 20.2 Å². The second-order valence-corrected chi connectivity index (χ2v) is 6.41. The van der Waals surface area contributed by atoms with E-state index in [1.807, 2.05) is 0 Å². The first kappa shape index (κ1) is 21.1. The fourth-order valence-corrected chi connectivity index (χ4v) is 2.75. The Morgan fingerprint density at radius 2 is 1.45 bits per heavy atom. The number of non-ortho nitro benzene ring substituents is 1. The third-order valence-electron chi connectivity index (χ3n) is 4.41. The normalized spacial score (nSPS) is 14.0. The van der Waals surface area contributed by atoms with E-state index in [1.165, 1.54) is 44.4 Å². The fraction of sp³-hybridized carbons (Fsp3) is 0.105. The molecule has 0 bridgehead atoms. The van der Waals surface area contributed by atoms with Crippen LogP contribution in [0.3, 0.4) is 0 Å². The molecule has 0 aliphatic carbocycles. The minimum atomic E-state index is -0.796. The summed E-state index contributed by atoms with van der Waals surface area (Å²) in [5, 5.41) is 22.0. The SMILES string of the molecule is CN1C(=O)C(=Cc2ccc(Oc3ccc([N+](=O)[O-])cc3[N+](=O)[O-])cc2)C(=O)N(C)C1=O. The van der Waals surface area contributed by atoms with Crippen LogP contribution in [0.1, 0.15) is 5.56 Å². The van der Waals surface area contributed by atoms with E-state index in [2.05, 4.69) is 0 Å². The van der Waals surface area contributed by atoms with E-state index in [4.69, 9.17) is 4.74 Å². The number of rotatable bonds is 5. The van der Waals surface area contributed by atoms with Gasteiger partial charge in [0.1, 0.15) is 11.3 Å². The Morgan fingerprint density at radius 1 is 0.871 bits per heavy atom. The molecule has 1 aliphatic heterocycles. The molecular weight excluding hydrogens is 412 g/mol. The van der Waals surface area contributed by atoms with Crippen LogP contribution < -0.4 is 4.74 Å². The first-order chi connectivity index (χ1) is 14.6. The Bertz CT molecular complexity index is 1130. The molecule has 1 aliphatic rings. The van der Waals surface area contributed by atoms with Crippen molar-refractivity contribution in [3.8, 4) is 11.5 Å². The fourth-order valence-electron chi connectivity index (χ4n) is 2.75. The molecular formula is C19H14N4O8. The van der Waals surface area contributed by atoms with Crippen molar-refractivity contribution < 1.29 is 29.0 Å². The van der Waals surface area contributed by atoms with Crippen LogP contribution in [0.5, 0.6) is 11.5 Å². The third kappa shape index (κ3) is 4.07. The number of amides is 4. The second-order valence-electron chi connectivity index (χ2n) is 6.41. The summed E-state index contributed by atoms with van der Waals surface area (Å²) >= 11 is 0. The van der Waals surface area contributed by atoms with Crippen LogP contribution in [0.25, 0.3) is 6.08 Å². The van der Waals surface area contributed by atoms with Crippen LogP contribution in [0.2, 0.25) is 0 Å². The lowest BCUT2D eigenvalue weighted by atomic mass is 10.1. The lowest BCUT2D eigenvalue weighted by molar-refractivity contribution is -0.394. The quantitative estimate of drug-likeness (QED) is 0.306. The maximum atomic E-state index is 12.2. The van der Waals surface area contributed by atoms with E-state index in [0.29, 0.717) is 5.56 Å². The number of ether oxygens (including phenoxy) is 1. The van der Waals surface area contributed by atoms with Gasteiger partial charge in [-0.05, 0) is 29.8 Å². The van der Waals surface area contributed by atoms with E-state index in [0.717, 1.165) is 28.0 Å². The molecule has 0 radical (unpaired) electrons. The number of carbonyl (C=O) groups excluding carboxylic acids is 3. The van der Waals surface area contributed by atoms with Gasteiger partial charge in [-0.2, -0.15) is 0 Å². The maximum absolute atomic E-state index is 12.2. The summed E-state index contributed by atoms with van der Waals surface area (Å²) in [6.07, 6.45) is 1.31. The van der Waals surface area contributed by atoms with Gasteiger partial charge in [0, 0.05) is 20.2 Å². The Hall–Kier alpha value is -4.61. The first-order valence-electron chi connectivity index (χ1n) is 8.62. The number of nitro groups is 2. The van der Waals surface area contributed by atoms with Crippen molar-refractivity contribution in [1.29, 1.82) is 0 Å². The van der Waals surface area contributed by atoms with Crippen LogP contribution >= 0.6 is 0 Å². The van der Waals surface area contributed by atoms with Gasteiger partial charge in [-0.3, -0.25) is 39.6 Å². The Morgan fingerprint density at radius 3 is 1.97 bits per heavy atom. The Labute approximate surface area is 174 Å². The predicted octanol–water partition coefficient (Wildman–Crippen LogP) is 2.73. The Kier molecular flexibility index (Phi) is 5.46. The molecule has 0 aromatic heterocycles. The molecule has 2 aromatic carbocycles. The van der Waals surface area contributed by atoms with Crippen molar-refractivity contribution in [2.75, 3.05) is 14.1 Å². The van der Waals surface area contributed by atoms with Gasteiger partial charge in [-0.1, -0.05) is 12.1 Å². The van der Waals surface area contributed by atoms with Gasteiger partial charge >= 0.3 is 11.7 Å². The zero-order chi connectivity index (χ0) is 22.9. The number of hydrogen-bond donors (Lipinski definition) is 0. The standard InChI is InChI=1S/C19H14N4O8/c1-20-17(24)14(18(25)21(2)19(20)26)9-11-3-6-13(7-4-11)31-16-8-5-12(22(27)28)10-15(16)23(29)30/h3-10H,1-2H3. The highest BCUT2D eigenvalue weighted by molar-refractivity contribution is 6.30. The molecule has 3 rings (SSSR count). The van der Waals surface area contributed by atoms with Gasteiger partial charge in [0.2, 0.25) is 5.75 Å². The number of nitrogens with zero attached hydrogens (tertiary/aromatic N) is 4. The summed E-state index contributed by atoms with van der Waals surface area (Å²) < 4.78 is 5.46. The monoisotopic (exact) mass is 426 g/mol. The van der Waals surface area contributed by atoms with Gasteiger partial charge in [0.05, 0.1) is 15.9 Å². The lowest BCUT2D eigenvalue weighted by Gasteiger charge is -2.28. The molecule has 12 heteroatoms. The number of benzene rings is 2. The van der Waals surface area contributed by atoms with Gasteiger partial charge in [0.15, 0.2) is 0 Å². The average molecular weight is 426 g/mol. The van der Waals surface area contributed by atoms with Crippen molar-refractivity contribution >= 4 is 35.3 Å². The number of barbiturate groups is 1. The van der Waals surface area contributed by atoms with Crippen LogP contribution in [0.15, 0.2) is 48.0 Å². The molecule has 12 nitrogen and oxygen atoms in total. The summed E-state index contributed by atoms with van der Waals surface area (Å²) in [4.78, 5) is 58.3. The second kappa shape index (κ2) is 8.02. The van der Waals surface area contributed by atoms with E-state index in [1.54, 1.807) is 0 Å². The number of nitro benzene ring substituents is 2. The number of likely N-dealkylation sites (N-methyl/N-ethyl adjacent to an activating group) is 2. The van der Waals surface area contributed by atoms with Crippen LogP contribution in [-0.2, 0) is 9.59 Å². The van der Waals surface area contributed by atoms with Crippen LogP contribution in [-0.4, -0.2) is 51.6 Å². The molecule has 158 valence electrons. The number of hydrogen-bond acceptors (Lipinski definition) is 8. The highest BCUT2D eigenvalue weighted by atomic mass is 16.6. The molecule has 1 saturated heterocycles. The lowest BCUT2D eigenvalue weighted by Crippen LogP contribution is -2.52. The van der Waals surface area contributed by atoms with Gasteiger partial charge < -0.3 is 4.74 Å². The smallest absolute Gasteiger partial charge is 0.333 e. The first-order valence-corrected chi connectivity index (χ1v) is 8.62. The molecule has 0 N–H and O–H groups in total. The van der Waals surface area contributed by atoms with E-state index >= 15 is 0 Å². The highest BCUT2D eigenvalue weighted by Crippen LogP contribution is 2.34. The van der Waals surface area contributed by atoms with Crippen molar-refractivity contribution in [3.63, 3.8) is 0 Å². The van der Waals surface area contributed by atoms with Gasteiger partial charge in [-0.25, -0.2) is 4.79 Å². The van der Waals surface area contributed by atoms with Crippen molar-refractivity contribution in [3.05, 3.63) is 73.8 Å². The Balaban J connectivity index is 1.86. The van der Waals surface area contributed by atoms with E-state index in [-0.39, 0.29) is 17.1 Å². The third-order valence-corrected chi connectivity index (χ3v) is 4.41. The molecule has 0 unspecified atom stereocenters. The molecule has 0 spiro atoms. The van der Waals surface area contributed by atoms with Gasteiger partial charge in [0.25, 0.3) is 17.5 Å². The van der Waals surface area contributed by atoms with Crippen molar-refractivity contribution in [2.45, 2.75) is 0 Å². The van der Waals surface area contributed by atoms with Gasteiger partial charge in [-0.15, -0.1) is 0 Å². The molecule has 4 amide bonds. The van der Waals surface area contributed by atoms with E-state index in [9.17, 15) is 34.6 Å². The van der Waals surface area contributed by atoms with Crippen LogP contribution in [0.4, 0.5) is 16.2 Å². The van der Waals surface area contributed by atoms with Crippen molar-refractivity contribution in [1.82, 2.24) is 9.80 Å². The maximum Gasteiger partial charge on any atom is 0.333 e. The summed E-state index contributed by atoms with van der Waals surface area (Å²) in [7, 11) is 2.52. The molecule has 2 aromatic rings. The zero-order valence-electron chi connectivity index (χ0n) is 16.2. The highest BCUT2D eigenvalue weighted by Gasteiger charge is 2.37. The number of carbonyl (C=O) groups is 3. The predicted molar refractivity (Wildman–Crippen MR) is 105 cm³/mol. The summed E-state index contributed by atoms with van der Waals surface area (Å²) in [6.45, 7) is 0. The molecule has 1 heterocycles. The summed E-state index contributed by atoms with van der Waals surface area (Å²) in [5.41, 5.74) is -0.784. The topological polar surface area (TPSA) is 153 Å². The zero-order valence-corrected chi connectivity index (χ0v) is 16.2. The number of imide groups is 2. The van der Waals surface area contributed by atoms with Crippen molar-refractivity contribution in [2.24, 2.45) is 0 Å². The minimum Gasteiger partial charge on any atom is -0.450 e. The molecule has 0 saturated carbocycles. The molecule has 31 heavy (non-hydrogen) atoms. The summed E-state index contributed by atoms with van der Waals surface area (Å²) in [5.74, 6) is -1.49. The van der Waals surface area contributed by atoms with E-state index < -0.39 is 39.1 Å². The largest absolute Gasteiger partial charge is 0.450 e. The number of urea groups is 1. The molecule has 0 atom stereocenters. The minimum absolute atomic E-state index is 0.185.